The first-order valence-electron chi connectivity index (χ1n) is 6.79. The van der Waals surface area contributed by atoms with E-state index in [0.29, 0.717) is 27.1 Å². The third-order valence-corrected chi connectivity index (χ3v) is 4.64. The summed E-state index contributed by atoms with van der Waals surface area (Å²) < 4.78 is 10.7. The van der Waals surface area contributed by atoms with E-state index in [2.05, 4.69) is 6.58 Å². The predicted molar refractivity (Wildman–Crippen MR) is 99.4 cm³/mol. The molecule has 0 atom stereocenters. The second-order valence-electron chi connectivity index (χ2n) is 4.71. The standard InChI is InChI=1S/C16H14ClNO4S2/c1-4-5-18-15(20)13(24-16(18)23)8-10-6-11(17)14(22-9(2)19)12(7-10)21-3/h4,6-8H,1,5H2,2-3H3/b13-8+. The molecule has 1 fully saturated rings. The molecule has 1 aliphatic rings. The molecular weight excluding hydrogens is 370 g/mol. The lowest BCUT2D eigenvalue weighted by Crippen LogP contribution is -2.27. The molecule has 1 saturated heterocycles. The quantitative estimate of drug-likeness (QED) is 0.254. The highest BCUT2D eigenvalue weighted by atomic mass is 35.5. The molecule has 126 valence electrons. The fraction of sp³-hybridized carbons (Fsp3) is 0.188. The average molecular weight is 384 g/mol. The summed E-state index contributed by atoms with van der Waals surface area (Å²) in [6, 6.07) is 3.21. The van der Waals surface area contributed by atoms with Crippen LogP contribution in [-0.2, 0) is 9.59 Å². The zero-order valence-corrected chi connectivity index (χ0v) is 15.4. The number of hydrogen-bond acceptors (Lipinski definition) is 6. The van der Waals surface area contributed by atoms with Crippen molar-refractivity contribution in [3.8, 4) is 11.5 Å². The molecule has 0 radical (unpaired) electrons. The molecule has 0 aliphatic carbocycles. The minimum absolute atomic E-state index is 0.142. The Hall–Kier alpha value is -1.83. The van der Waals surface area contributed by atoms with Crippen LogP contribution < -0.4 is 9.47 Å². The molecule has 1 aromatic rings. The van der Waals surface area contributed by atoms with Crippen LogP contribution >= 0.6 is 35.6 Å². The van der Waals surface area contributed by atoms with Crippen LogP contribution in [0.3, 0.4) is 0 Å². The minimum Gasteiger partial charge on any atom is -0.493 e. The van der Waals surface area contributed by atoms with Gasteiger partial charge in [0, 0.05) is 13.5 Å². The van der Waals surface area contributed by atoms with E-state index in [4.69, 9.17) is 33.3 Å². The number of methoxy groups -OCH3 is 1. The van der Waals surface area contributed by atoms with E-state index in [1.54, 1.807) is 24.3 Å². The maximum Gasteiger partial charge on any atom is 0.308 e. The Morgan fingerprint density at radius 1 is 1.50 bits per heavy atom. The number of carbonyl (C=O) groups excluding carboxylic acids is 2. The van der Waals surface area contributed by atoms with Crippen molar-refractivity contribution in [2.24, 2.45) is 0 Å². The van der Waals surface area contributed by atoms with Gasteiger partial charge in [-0.15, -0.1) is 6.58 Å². The highest BCUT2D eigenvalue weighted by Gasteiger charge is 2.31. The molecule has 2 rings (SSSR count). The molecule has 24 heavy (non-hydrogen) atoms. The van der Waals surface area contributed by atoms with Crippen LogP contribution in [0.4, 0.5) is 0 Å². The van der Waals surface area contributed by atoms with Crippen molar-refractivity contribution >= 4 is 57.9 Å². The number of thioether (sulfide) groups is 1. The van der Waals surface area contributed by atoms with Gasteiger partial charge in [0.1, 0.15) is 4.32 Å². The first-order valence-corrected chi connectivity index (χ1v) is 8.39. The van der Waals surface area contributed by atoms with Gasteiger partial charge in [-0.1, -0.05) is 41.7 Å². The summed E-state index contributed by atoms with van der Waals surface area (Å²) in [5.74, 6) is -0.258. The third kappa shape index (κ3) is 3.98. The molecule has 0 aromatic heterocycles. The fourth-order valence-electron chi connectivity index (χ4n) is 2.00. The predicted octanol–water partition coefficient (Wildman–Crippen LogP) is 3.66. The molecule has 1 heterocycles. The van der Waals surface area contributed by atoms with Crippen molar-refractivity contribution in [3.63, 3.8) is 0 Å². The molecule has 5 nitrogen and oxygen atoms in total. The van der Waals surface area contributed by atoms with Crippen molar-refractivity contribution in [2.75, 3.05) is 13.7 Å². The van der Waals surface area contributed by atoms with Gasteiger partial charge >= 0.3 is 5.97 Å². The SMILES string of the molecule is C=CCN1C(=O)/C(=C\c2cc(Cl)c(OC(C)=O)c(OC)c2)SC1=S. The number of benzene rings is 1. The maximum atomic E-state index is 12.3. The molecule has 1 aromatic carbocycles. The van der Waals surface area contributed by atoms with Crippen LogP contribution in [0.5, 0.6) is 11.5 Å². The highest BCUT2D eigenvalue weighted by Crippen LogP contribution is 2.39. The Morgan fingerprint density at radius 3 is 2.79 bits per heavy atom. The smallest absolute Gasteiger partial charge is 0.308 e. The van der Waals surface area contributed by atoms with E-state index < -0.39 is 5.97 Å². The number of nitrogens with zero attached hydrogens (tertiary/aromatic N) is 1. The summed E-state index contributed by atoms with van der Waals surface area (Å²) in [6.07, 6.45) is 3.27. The first-order chi connectivity index (χ1) is 11.4. The van der Waals surface area contributed by atoms with Gasteiger partial charge in [0.2, 0.25) is 0 Å². The number of esters is 1. The molecule has 0 bridgehead atoms. The molecule has 1 aliphatic heterocycles. The zero-order valence-electron chi connectivity index (χ0n) is 13.0. The second-order valence-corrected chi connectivity index (χ2v) is 6.79. The topological polar surface area (TPSA) is 55.8 Å². The van der Waals surface area contributed by atoms with Crippen molar-refractivity contribution in [3.05, 3.63) is 40.3 Å². The molecule has 0 unspecified atom stereocenters. The second kappa shape index (κ2) is 7.83. The monoisotopic (exact) mass is 383 g/mol. The Bertz CT molecular complexity index is 761. The van der Waals surface area contributed by atoms with Gasteiger partial charge in [-0.2, -0.15) is 0 Å². The van der Waals surface area contributed by atoms with E-state index in [1.165, 1.54) is 30.7 Å². The van der Waals surface area contributed by atoms with Crippen LogP contribution in [0.2, 0.25) is 5.02 Å². The Balaban J connectivity index is 2.38. The summed E-state index contributed by atoms with van der Waals surface area (Å²) in [6.45, 7) is 5.24. The zero-order chi connectivity index (χ0) is 17.9. The van der Waals surface area contributed by atoms with Gasteiger partial charge in [-0.25, -0.2) is 0 Å². The molecule has 0 spiro atoms. The van der Waals surface area contributed by atoms with E-state index in [1.807, 2.05) is 0 Å². The number of rotatable bonds is 5. The Labute approximate surface area is 154 Å². The van der Waals surface area contributed by atoms with Crippen LogP contribution in [-0.4, -0.2) is 34.8 Å². The average Bonchev–Trinajstić information content (AvgIpc) is 2.77. The Morgan fingerprint density at radius 2 is 2.21 bits per heavy atom. The van der Waals surface area contributed by atoms with E-state index >= 15 is 0 Å². The number of thiocarbonyl (C=S) groups is 1. The first kappa shape index (κ1) is 18.5. The van der Waals surface area contributed by atoms with Crippen molar-refractivity contribution in [1.82, 2.24) is 4.90 Å². The van der Waals surface area contributed by atoms with Gasteiger partial charge in [0.25, 0.3) is 5.91 Å². The van der Waals surface area contributed by atoms with Gasteiger partial charge < -0.3 is 9.47 Å². The Kier molecular flexibility index (Phi) is 6.04. The number of hydrogen-bond donors (Lipinski definition) is 0. The van der Waals surface area contributed by atoms with Crippen LogP contribution in [0.25, 0.3) is 6.08 Å². The lowest BCUT2D eigenvalue weighted by molar-refractivity contribution is -0.132. The number of carbonyl (C=O) groups is 2. The molecular formula is C16H14ClNO4S2. The maximum absolute atomic E-state index is 12.3. The fourth-order valence-corrected chi connectivity index (χ4v) is 3.54. The van der Waals surface area contributed by atoms with E-state index in [0.717, 1.165) is 0 Å². The largest absolute Gasteiger partial charge is 0.493 e. The molecule has 8 heteroatoms. The molecule has 0 N–H and O–H groups in total. The number of ether oxygens (including phenoxy) is 2. The van der Waals surface area contributed by atoms with E-state index in [9.17, 15) is 9.59 Å². The number of halogens is 1. The highest BCUT2D eigenvalue weighted by molar-refractivity contribution is 8.26. The summed E-state index contributed by atoms with van der Waals surface area (Å²) >= 11 is 12.6. The van der Waals surface area contributed by atoms with Crippen molar-refractivity contribution in [2.45, 2.75) is 6.92 Å². The molecule has 1 amide bonds. The minimum atomic E-state index is -0.506. The number of amides is 1. The van der Waals surface area contributed by atoms with Gasteiger partial charge in [0.15, 0.2) is 11.5 Å². The van der Waals surface area contributed by atoms with Crippen LogP contribution in [0.15, 0.2) is 29.7 Å². The lowest BCUT2D eigenvalue weighted by atomic mass is 10.1. The third-order valence-electron chi connectivity index (χ3n) is 2.98. The van der Waals surface area contributed by atoms with E-state index in [-0.39, 0.29) is 16.7 Å². The van der Waals surface area contributed by atoms with Gasteiger partial charge in [-0.3, -0.25) is 14.5 Å². The van der Waals surface area contributed by atoms with Gasteiger partial charge in [0.05, 0.1) is 17.0 Å². The summed E-state index contributed by atoms with van der Waals surface area (Å²) in [7, 11) is 1.44. The summed E-state index contributed by atoms with van der Waals surface area (Å²) in [4.78, 5) is 25.4. The van der Waals surface area contributed by atoms with Crippen molar-refractivity contribution in [1.29, 1.82) is 0 Å². The molecule has 0 saturated carbocycles. The van der Waals surface area contributed by atoms with Crippen LogP contribution in [0.1, 0.15) is 12.5 Å². The summed E-state index contributed by atoms with van der Waals surface area (Å²) in [5, 5.41) is 0.206. The van der Waals surface area contributed by atoms with Crippen molar-refractivity contribution < 1.29 is 19.1 Å². The normalized spacial score (nSPS) is 15.8. The van der Waals surface area contributed by atoms with Gasteiger partial charge in [-0.05, 0) is 23.8 Å². The lowest BCUT2D eigenvalue weighted by Gasteiger charge is -2.11. The summed E-state index contributed by atoms with van der Waals surface area (Å²) in [5.41, 5.74) is 0.631. The van der Waals surface area contributed by atoms with Crippen LogP contribution in [0, 0.1) is 0 Å².